The van der Waals surface area contributed by atoms with Gasteiger partial charge in [-0.15, -0.1) is 0 Å². The van der Waals surface area contributed by atoms with Gasteiger partial charge in [0.05, 0.1) is 10.4 Å². The van der Waals surface area contributed by atoms with Gasteiger partial charge in [0.1, 0.15) is 5.82 Å². The van der Waals surface area contributed by atoms with Crippen molar-refractivity contribution in [1.29, 1.82) is 0 Å². The maximum absolute atomic E-state index is 13.1. The van der Waals surface area contributed by atoms with Crippen LogP contribution in [0.5, 0.6) is 0 Å². The van der Waals surface area contributed by atoms with Gasteiger partial charge in [-0.25, -0.2) is 18.1 Å². The van der Waals surface area contributed by atoms with E-state index in [1.54, 1.807) is 18.3 Å². The molecule has 1 saturated heterocycles. The van der Waals surface area contributed by atoms with Crippen LogP contribution in [0.25, 0.3) is 10.9 Å². The first-order valence-corrected chi connectivity index (χ1v) is 11.0. The molecule has 28 heavy (non-hydrogen) atoms. The summed E-state index contributed by atoms with van der Waals surface area (Å²) in [4.78, 5) is 11.4. The number of anilines is 1. The van der Waals surface area contributed by atoms with E-state index in [0.29, 0.717) is 10.3 Å². The third kappa shape index (κ3) is 3.72. The molecule has 4 rings (SSSR count). The van der Waals surface area contributed by atoms with E-state index >= 15 is 0 Å². The number of benzene rings is 1. The summed E-state index contributed by atoms with van der Waals surface area (Å²) in [5, 5.41) is 0.663. The van der Waals surface area contributed by atoms with Gasteiger partial charge in [-0.05, 0) is 62.6 Å². The molecule has 1 aliphatic rings. The highest BCUT2D eigenvalue weighted by atomic mass is 32.2. The van der Waals surface area contributed by atoms with Gasteiger partial charge in [-0.1, -0.05) is 12.1 Å². The van der Waals surface area contributed by atoms with Gasteiger partial charge in [0.2, 0.25) is 10.0 Å². The van der Waals surface area contributed by atoms with E-state index in [2.05, 4.69) is 19.6 Å². The Hall–Kier alpha value is -2.51. The van der Waals surface area contributed by atoms with Crippen molar-refractivity contribution < 1.29 is 8.42 Å². The molecule has 0 atom stereocenters. The van der Waals surface area contributed by atoms with Crippen LogP contribution < -0.4 is 9.62 Å². The van der Waals surface area contributed by atoms with Crippen LogP contribution in [-0.2, 0) is 10.0 Å². The molecule has 1 fully saturated rings. The Kier molecular flexibility index (Phi) is 5.03. The maximum Gasteiger partial charge on any atom is 0.241 e. The highest BCUT2D eigenvalue weighted by Gasteiger charge is 2.26. The molecule has 0 bridgehead atoms. The lowest BCUT2D eigenvalue weighted by atomic mass is 10.1. The van der Waals surface area contributed by atoms with E-state index in [1.807, 2.05) is 44.2 Å². The van der Waals surface area contributed by atoms with Crippen LogP contribution in [-0.4, -0.2) is 37.5 Å². The maximum atomic E-state index is 13.1. The number of nitrogens with one attached hydrogen (secondary N) is 1. The smallest absolute Gasteiger partial charge is 0.241 e. The predicted octanol–water partition coefficient (Wildman–Crippen LogP) is 3.19. The molecule has 0 amide bonds. The molecule has 3 heterocycles. The molecule has 1 N–H and O–H groups in total. The first-order valence-electron chi connectivity index (χ1n) is 9.49. The minimum absolute atomic E-state index is 0.0842. The number of nitrogens with zero attached hydrogens (tertiary/aromatic N) is 3. The van der Waals surface area contributed by atoms with Crippen LogP contribution in [0.2, 0.25) is 0 Å². The summed E-state index contributed by atoms with van der Waals surface area (Å²) in [5.74, 6) is 0.955. The van der Waals surface area contributed by atoms with Crippen molar-refractivity contribution >= 4 is 26.7 Å². The summed E-state index contributed by atoms with van der Waals surface area (Å²) in [5.41, 5.74) is 2.68. The predicted molar refractivity (Wildman–Crippen MR) is 111 cm³/mol. The van der Waals surface area contributed by atoms with E-state index in [1.165, 1.54) is 0 Å². The van der Waals surface area contributed by atoms with E-state index in [-0.39, 0.29) is 6.04 Å². The summed E-state index contributed by atoms with van der Waals surface area (Å²) in [6, 6.07) is 13.0. The number of rotatable bonds is 4. The second-order valence-electron chi connectivity index (χ2n) is 7.30. The van der Waals surface area contributed by atoms with Gasteiger partial charge in [0, 0.05) is 36.4 Å². The Morgan fingerprint density at radius 1 is 1.04 bits per heavy atom. The standard InChI is InChI=1S/C21H24N4O2S/c1-15-8-9-19(18-6-4-12-22-21(15)18)28(26,27)24-17-10-13-25(14-11-17)20-7-3-5-16(2)23-20/h3-9,12,17,24H,10-11,13-14H2,1-2H3. The number of fused-ring (bicyclic) bond motifs is 1. The van der Waals surface area contributed by atoms with Crippen LogP contribution in [0.15, 0.2) is 53.6 Å². The Morgan fingerprint density at radius 2 is 1.82 bits per heavy atom. The summed E-state index contributed by atoms with van der Waals surface area (Å²) < 4.78 is 29.0. The number of aryl methyl sites for hydroxylation is 2. The zero-order valence-corrected chi connectivity index (χ0v) is 16.9. The molecule has 6 nitrogen and oxygen atoms in total. The summed E-state index contributed by atoms with van der Waals surface area (Å²) in [7, 11) is -3.62. The molecule has 0 radical (unpaired) electrons. The molecule has 0 saturated carbocycles. The minimum atomic E-state index is -3.62. The number of piperidine rings is 1. The molecule has 2 aromatic heterocycles. The van der Waals surface area contributed by atoms with Crippen molar-refractivity contribution in [2.45, 2.75) is 37.6 Å². The Bertz CT molecular complexity index is 1110. The molecular weight excluding hydrogens is 372 g/mol. The Balaban J connectivity index is 1.50. The van der Waals surface area contributed by atoms with Crippen LogP contribution in [0.3, 0.4) is 0 Å². The van der Waals surface area contributed by atoms with Crippen molar-refractivity contribution in [1.82, 2.24) is 14.7 Å². The molecule has 1 aromatic carbocycles. The highest BCUT2D eigenvalue weighted by Crippen LogP contribution is 2.25. The third-order valence-electron chi connectivity index (χ3n) is 5.24. The van der Waals surface area contributed by atoms with E-state index < -0.39 is 10.0 Å². The number of pyridine rings is 2. The van der Waals surface area contributed by atoms with Crippen LogP contribution in [0.1, 0.15) is 24.1 Å². The molecule has 146 valence electrons. The quantitative estimate of drug-likeness (QED) is 0.733. The minimum Gasteiger partial charge on any atom is -0.356 e. The molecular formula is C21H24N4O2S. The Morgan fingerprint density at radius 3 is 2.57 bits per heavy atom. The van der Waals surface area contributed by atoms with Crippen molar-refractivity contribution in [3.63, 3.8) is 0 Å². The van der Waals surface area contributed by atoms with Gasteiger partial charge >= 0.3 is 0 Å². The van der Waals surface area contributed by atoms with Gasteiger partial charge in [-0.3, -0.25) is 4.98 Å². The Labute approximate surface area is 165 Å². The highest BCUT2D eigenvalue weighted by molar-refractivity contribution is 7.89. The van der Waals surface area contributed by atoms with E-state index in [0.717, 1.165) is 48.5 Å². The zero-order chi connectivity index (χ0) is 19.7. The van der Waals surface area contributed by atoms with Crippen molar-refractivity contribution in [3.8, 4) is 0 Å². The average Bonchev–Trinajstić information content (AvgIpc) is 2.68. The number of sulfonamides is 1. The second kappa shape index (κ2) is 7.48. The first kappa shape index (κ1) is 18.8. The number of hydrogen-bond acceptors (Lipinski definition) is 5. The lowest BCUT2D eigenvalue weighted by Gasteiger charge is -2.33. The fourth-order valence-electron chi connectivity index (χ4n) is 3.74. The van der Waals surface area contributed by atoms with Crippen molar-refractivity contribution in [3.05, 3.63) is 59.9 Å². The largest absolute Gasteiger partial charge is 0.356 e. The molecule has 0 unspecified atom stereocenters. The summed E-state index contributed by atoms with van der Waals surface area (Å²) >= 11 is 0. The van der Waals surface area contributed by atoms with Crippen LogP contribution >= 0.6 is 0 Å². The van der Waals surface area contributed by atoms with Crippen molar-refractivity contribution in [2.24, 2.45) is 0 Å². The summed E-state index contributed by atoms with van der Waals surface area (Å²) in [6.07, 6.45) is 3.18. The molecule has 7 heteroatoms. The van der Waals surface area contributed by atoms with Crippen molar-refractivity contribution in [2.75, 3.05) is 18.0 Å². The lowest BCUT2D eigenvalue weighted by molar-refractivity contribution is 0.458. The lowest BCUT2D eigenvalue weighted by Crippen LogP contribution is -2.44. The van der Waals surface area contributed by atoms with Gasteiger partial charge in [-0.2, -0.15) is 0 Å². The fraction of sp³-hybridized carbons (Fsp3) is 0.333. The topological polar surface area (TPSA) is 75.2 Å². The van der Waals surface area contributed by atoms with E-state index in [9.17, 15) is 8.42 Å². The van der Waals surface area contributed by atoms with Gasteiger partial charge in [0.15, 0.2) is 0 Å². The molecule has 0 aliphatic carbocycles. The van der Waals surface area contributed by atoms with Gasteiger partial charge in [0.25, 0.3) is 0 Å². The zero-order valence-electron chi connectivity index (χ0n) is 16.1. The molecule has 3 aromatic rings. The fourth-order valence-corrected chi connectivity index (χ4v) is 5.24. The van der Waals surface area contributed by atoms with E-state index in [4.69, 9.17) is 0 Å². The third-order valence-corrected chi connectivity index (χ3v) is 6.81. The molecule has 0 spiro atoms. The first-order chi connectivity index (χ1) is 13.4. The second-order valence-corrected chi connectivity index (χ2v) is 8.98. The SMILES string of the molecule is Cc1cccc(N2CCC(NS(=O)(=O)c3ccc(C)c4ncccc34)CC2)n1. The van der Waals surface area contributed by atoms with Crippen LogP contribution in [0, 0.1) is 13.8 Å². The average molecular weight is 397 g/mol. The number of aromatic nitrogens is 2. The summed E-state index contributed by atoms with van der Waals surface area (Å²) in [6.45, 7) is 5.47. The normalized spacial score (nSPS) is 15.9. The van der Waals surface area contributed by atoms with Gasteiger partial charge < -0.3 is 4.90 Å². The van der Waals surface area contributed by atoms with Crippen LogP contribution in [0.4, 0.5) is 5.82 Å². The molecule has 1 aliphatic heterocycles. The monoisotopic (exact) mass is 396 g/mol. The number of hydrogen-bond donors (Lipinski definition) is 1.